The predicted molar refractivity (Wildman–Crippen MR) is 125 cm³/mol. The minimum Gasteiger partial charge on any atom is -0.490 e. The summed E-state index contributed by atoms with van der Waals surface area (Å²) in [5, 5.41) is 17.9. The van der Waals surface area contributed by atoms with Crippen molar-refractivity contribution in [2.45, 2.75) is 20.4 Å². The van der Waals surface area contributed by atoms with Crippen molar-refractivity contribution in [3.63, 3.8) is 0 Å². The Bertz CT molecular complexity index is 1210. The quantitative estimate of drug-likeness (QED) is 0.394. The number of carbonyl (C=O) groups is 1. The monoisotopic (exact) mass is 444 g/mol. The summed E-state index contributed by atoms with van der Waals surface area (Å²) >= 11 is 0. The average molecular weight is 444 g/mol. The Balaban J connectivity index is 1.47. The summed E-state index contributed by atoms with van der Waals surface area (Å²) in [5.41, 5.74) is 3.50. The van der Waals surface area contributed by atoms with Crippen molar-refractivity contribution in [2.75, 3.05) is 17.2 Å². The number of hydrogen-bond donors (Lipinski definition) is 2. The number of nitrogens with zero attached hydrogens (tertiary/aromatic N) is 4. The first-order valence-electron chi connectivity index (χ1n) is 10.5. The third-order valence-corrected chi connectivity index (χ3v) is 4.65. The molecule has 0 bridgehead atoms. The molecule has 0 saturated heterocycles. The fraction of sp³-hybridized carbons (Fsp3) is 0.167. The molecule has 2 N–H and O–H groups in total. The van der Waals surface area contributed by atoms with Gasteiger partial charge in [0, 0.05) is 24.8 Å². The van der Waals surface area contributed by atoms with Crippen molar-refractivity contribution in [3.05, 3.63) is 78.4 Å². The number of benzene rings is 3. The lowest BCUT2D eigenvalue weighted by Crippen LogP contribution is -2.06. The third kappa shape index (κ3) is 5.65. The van der Waals surface area contributed by atoms with Crippen LogP contribution in [0, 0.1) is 0 Å². The Kier molecular flexibility index (Phi) is 6.79. The van der Waals surface area contributed by atoms with Crippen molar-refractivity contribution in [2.24, 2.45) is 0 Å². The summed E-state index contributed by atoms with van der Waals surface area (Å²) in [6.45, 7) is 4.47. The zero-order valence-corrected chi connectivity index (χ0v) is 18.4. The minimum atomic E-state index is -0.0979. The van der Waals surface area contributed by atoms with Gasteiger partial charge < -0.3 is 20.1 Å². The van der Waals surface area contributed by atoms with Crippen LogP contribution in [-0.4, -0.2) is 32.7 Å². The predicted octanol–water partition coefficient (Wildman–Crippen LogP) is 4.42. The zero-order valence-electron chi connectivity index (χ0n) is 18.4. The lowest BCUT2D eigenvalue weighted by Gasteiger charge is -2.13. The molecule has 33 heavy (non-hydrogen) atoms. The maximum atomic E-state index is 11.2. The Morgan fingerprint density at radius 2 is 1.73 bits per heavy atom. The van der Waals surface area contributed by atoms with Crippen LogP contribution >= 0.6 is 0 Å². The molecule has 0 aliphatic carbocycles. The molecule has 0 aliphatic heterocycles. The van der Waals surface area contributed by atoms with Crippen LogP contribution in [-0.2, 0) is 11.3 Å². The first kappa shape index (κ1) is 21.8. The number of amides is 1. The topological polar surface area (TPSA) is 103 Å². The van der Waals surface area contributed by atoms with Crippen LogP contribution in [0.2, 0.25) is 0 Å². The highest BCUT2D eigenvalue weighted by atomic mass is 16.5. The highest BCUT2D eigenvalue weighted by Crippen LogP contribution is 2.32. The first-order chi connectivity index (χ1) is 16.1. The second-order valence-corrected chi connectivity index (χ2v) is 7.14. The summed E-state index contributed by atoms with van der Waals surface area (Å²) < 4.78 is 13.3. The molecule has 0 spiro atoms. The smallest absolute Gasteiger partial charge is 0.346 e. The van der Waals surface area contributed by atoms with E-state index in [1.54, 1.807) is 0 Å². The molecule has 0 atom stereocenters. The van der Waals surface area contributed by atoms with Gasteiger partial charge >= 0.3 is 6.01 Å². The SMILES string of the molecule is CCOc1cc(CNc2ccc(NC(C)=O)cc2)ccc1Oc1nnnn1-c1ccccc1. The Morgan fingerprint density at radius 3 is 2.45 bits per heavy atom. The number of tetrazole rings is 1. The lowest BCUT2D eigenvalue weighted by atomic mass is 10.2. The van der Waals surface area contributed by atoms with Gasteiger partial charge in [-0.2, -0.15) is 4.68 Å². The molecule has 9 heteroatoms. The van der Waals surface area contributed by atoms with Crippen molar-refractivity contribution in [1.29, 1.82) is 0 Å². The Hall–Kier alpha value is -4.40. The Labute approximate surface area is 191 Å². The van der Waals surface area contributed by atoms with Gasteiger partial charge in [-0.15, -0.1) is 0 Å². The van der Waals surface area contributed by atoms with E-state index in [0.717, 1.165) is 22.6 Å². The van der Waals surface area contributed by atoms with Gasteiger partial charge in [0.05, 0.1) is 12.3 Å². The minimum absolute atomic E-state index is 0.0979. The molecule has 1 aromatic heterocycles. The maximum absolute atomic E-state index is 11.2. The van der Waals surface area contributed by atoms with E-state index in [9.17, 15) is 4.79 Å². The van der Waals surface area contributed by atoms with E-state index in [1.165, 1.54) is 11.6 Å². The molecule has 0 unspecified atom stereocenters. The van der Waals surface area contributed by atoms with Gasteiger partial charge in [0.25, 0.3) is 0 Å². The number of aromatic nitrogens is 4. The molecule has 168 valence electrons. The molecule has 0 saturated carbocycles. The normalized spacial score (nSPS) is 10.5. The van der Waals surface area contributed by atoms with E-state index in [0.29, 0.717) is 24.7 Å². The van der Waals surface area contributed by atoms with Crippen molar-refractivity contribution >= 4 is 17.3 Å². The molecule has 4 aromatic rings. The summed E-state index contributed by atoms with van der Waals surface area (Å²) in [7, 11) is 0. The number of hydrogen-bond acceptors (Lipinski definition) is 7. The van der Waals surface area contributed by atoms with Crippen molar-refractivity contribution < 1.29 is 14.3 Å². The van der Waals surface area contributed by atoms with Gasteiger partial charge in [-0.05, 0) is 71.4 Å². The molecular formula is C24H24N6O3. The largest absolute Gasteiger partial charge is 0.490 e. The van der Waals surface area contributed by atoms with Crippen molar-refractivity contribution in [3.8, 4) is 23.2 Å². The first-order valence-corrected chi connectivity index (χ1v) is 10.5. The van der Waals surface area contributed by atoms with Crippen LogP contribution in [0.25, 0.3) is 5.69 Å². The van der Waals surface area contributed by atoms with E-state index < -0.39 is 0 Å². The molecule has 0 fully saturated rings. The number of anilines is 2. The summed E-state index contributed by atoms with van der Waals surface area (Å²) in [4.78, 5) is 11.2. The molecule has 0 radical (unpaired) electrons. The second-order valence-electron chi connectivity index (χ2n) is 7.14. The number of ether oxygens (including phenoxy) is 2. The van der Waals surface area contributed by atoms with E-state index in [-0.39, 0.29) is 11.9 Å². The number of nitrogens with one attached hydrogen (secondary N) is 2. The average Bonchev–Trinajstić information content (AvgIpc) is 3.29. The van der Waals surface area contributed by atoms with Crippen LogP contribution in [0.15, 0.2) is 72.8 Å². The molecular weight excluding hydrogens is 420 g/mol. The number of rotatable bonds is 9. The lowest BCUT2D eigenvalue weighted by molar-refractivity contribution is -0.114. The summed E-state index contributed by atoms with van der Waals surface area (Å²) in [5.74, 6) is 1.02. The van der Waals surface area contributed by atoms with Crippen molar-refractivity contribution in [1.82, 2.24) is 20.2 Å². The van der Waals surface area contributed by atoms with Gasteiger partial charge in [0.2, 0.25) is 5.91 Å². The summed E-state index contributed by atoms with van der Waals surface area (Å²) in [6, 6.07) is 23.0. The fourth-order valence-electron chi connectivity index (χ4n) is 3.17. The molecule has 4 rings (SSSR count). The van der Waals surface area contributed by atoms with Crippen LogP contribution < -0.4 is 20.1 Å². The van der Waals surface area contributed by atoms with Gasteiger partial charge in [0.15, 0.2) is 11.5 Å². The third-order valence-electron chi connectivity index (χ3n) is 4.65. The zero-order chi connectivity index (χ0) is 23.0. The number of para-hydroxylation sites is 1. The molecule has 3 aromatic carbocycles. The van der Waals surface area contributed by atoms with E-state index in [1.807, 2.05) is 79.7 Å². The second kappa shape index (κ2) is 10.3. The fourth-order valence-corrected chi connectivity index (χ4v) is 3.17. The van der Waals surface area contributed by atoms with Crippen LogP contribution in [0.4, 0.5) is 11.4 Å². The Morgan fingerprint density at radius 1 is 0.970 bits per heavy atom. The van der Waals surface area contributed by atoms with Crippen LogP contribution in [0.1, 0.15) is 19.4 Å². The van der Waals surface area contributed by atoms with Gasteiger partial charge in [-0.25, -0.2) is 0 Å². The van der Waals surface area contributed by atoms with Gasteiger partial charge in [-0.1, -0.05) is 29.4 Å². The standard InChI is InChI=1S/C24H24N6O3/c1-3-32-23-15-18(16-25-19-10-12-20(13-11-19)26-17(2)31)9-14-22(23)33-24-27-28-29-30(24)21-7-5-4-6-8-21/h4-15,25H,3,16H2,1-2H3,(H,26,31). The molecule has 0 aliphatic rings. The van der Waals surface area contributed by atoms with E-state index in [4.69, 9.17) is 9.47 Å². The molecule has 1 amide bonds. The van der Waals surface area contributed by atoms with Gasteiger partial charge in [-0.3, -0.25) is 4.79 Å². The number of carbonyl (C=O) groups excluding carboxylic acids is 1. The highest BCUT2D eigenvalue weighted by molar-refractivity contribution is 5.88. The molecule has 1 heterocycles. The van der Waals surface area contributed by atoms with Crippen LogP contribution in [0.5, 0.6) is 17.5 Å². The van der Waals surface area contributed by atoms with Crippen LogP contribution in [0.3, 0.4) is 0 Å². The van der Waals surface area contributed by atoms with E-state index in [2.05, 4.69) is 26.2 Å². The van der Waals surface area contributed by atoms with Gasteiger partial charge in [0.1, 0.15) is 0 Å². The summed E-state index contributed by atoms with van der Waals surface area (Å²) in [6.07, 6.45) is 0. The highest BCUT2D eigenvalue weighted by Gasteiger charge is 2.14. The molecule has 9 nitrogen and oxygen atoms in total. The van der Waals surface area contributed by atoms with E-state index >= 15 is 0 Å². The maximum Gasteiger partial charge on any atom is 0.346 e.